The van der Waals surface area contributed by atoms with Gasteiger partial charge < -0.3 is 79.7 Å². The molecule has 0 unspecified atom stereocenters. The van der Waals surface area contributed by atoms with Crippen LogP contribution >= 0.6 is 15.9 Å². The Morgan fingerprint density at radius 2 is 0.550 bits per heavy atom. The van der Waals surface area contributed by atoms with Gasteiger partial charge in [-0.2, -0.15) is 0 Å². The van der Waals surface area contributed by atoms with E-state index < -0.39 is 52.5 Å². The van der Waals surface area contributed by atoms with Crippen molar-refractivity contribution in [1.82, 2.24) is 0 Å². The maximum Gasteiger partial charge on any atom is 0.340 e. The second kappa shape index (κ2) is 43.7. The molecule has 12 aromatic rings. The largest absolute Gasteiger partial charge is 0.507 e. The number of aryl methyl sites for hydroxylation is 2. The van der Waals surface area contributed by atoms with E-state index in [2.05, 4.69) is 51.9 Å². The number of nitrogens with zero attached hydrogens (tertiary/aromatic N) is 3. The third-order valence-electron chi connectivity index (χ3n) is 21.1. The van der Waals surface area contributed by atoms with Gasteiger partial charge in [-0.15, -0.1) is 0 Å². The van der Waals surface area contributed by atoms with E-state index in [0.717, 1.165) is 90.3 Å². The fourth-order valence-corrected chi connectivity index (χ4v) is 14.8. The van der Waals surface area contributed by atoms with Gasteiger partial charge in [-0.05, 0) is 241 Å². The van der Waals surface area contributed by atoms with Gasteiger partial charge >= 0.3 is 23.9 Å². The second-order valence-electron chi connectivity index (χ2n) is 34.3. The molecule has 4 amide bonds. The molecule has 0 spiro atoms. The van der Waals surface area contributed by atoms with Crippen molar-refractivity contribution in [2.75, 3.05) is 115 Å². The Hall–Kier alpha value is -14.2. The highest BCUT2D eigenvalue weighted by Gasteiger charge is 2.29. The van der Waals surface area contributed by atoms with Crippen molar-refractivity contribution >= 4 is 103 Å². The lowest BCUT2D eigenvalue weighted by molar-refractivity contribution is 0.00580. The number of rotatable bonds is 19. The van der Waals surface area contributed by atoms with Crippen molar-refractivity contribution in [1.29, 1.82) is 0 Å². The predicted molar refractivity (Wildman–Crippen MR) is 517 cm³/mol. The molecule has 0 aliphatic carbocycles. The summed E-state index contributed by atoms with van der Waals surface area (Å²) in [5.41, 5.74) is 12.9. The van der Waals surface area contributed by atoms with Crippen molar-refractivity contribution in [3.05, 3.63) is 327 Å². The number of hydrogen-bond donors (Lipinski definition) is 7. The highest BCUT2D eigenvalue weighted by atomic mass is 79.9. The number of halogens is 1. The van der Waals surface area contributed by atoms with Gasteiger partial charge in [0.05, 0.1) is 95.8 Å². The molecule has 7 N–H and O–H groups in total. The van der Waals surface area contributed by atoms with Crippen LogP contribution in [0.1, 0.15) is 156 Å². The molecular formula is C106H108BrN7O17. The molecule has 3 aliphatic heterocycles. The summed E-state index contributed by atoms with van der Waals surface area (Å²) in [6, 6.07) is 80.7. The van der Waals surface area contributed by atoms with Gasteiger partial charge in [0, 0.05) is 71.9 Å². The van der Waals surface area contributed by atoms with E-state index in [-0.39, 0.29) is 51.3 Å². The Morgan fingerprint density at radius 1 is 0.298 bits per heavy atom. The third kappa shape index (κ3) is 26.7. The summed E-state index contributed by atoms with van der Waals surface area (Å²) in [4.78, 5) is 110. The van der Waals surface area contributed by atoms with Crippen LogP contribution in [0.3, 0.4) is 0 Å². The molecule has 0 radical (unpaired) electrons. The normalized spacial score (nSPS) is 13.2. The van der Waals surface area contributed by atoms with Gasteiger partial charge in [-0.1, -0.05) is 174 Å². The van der Waals surface area contributed by atoms with Crippen LogP contribution in [0, 0.1) is 13.8 Å². The number of phenolic OH excluding ortho intramolecular Hbond substituents is 2. The van der Waals surface area contributed by atoms with Gasteiger partial charge in [-0.3, -0.25) is 19.2 Å². The van der Waals surface area contributed by atoms with Crippen molar-refractivity contribution < 1.29 is 82.1 Å². The van der Waals surface area contributed by atoms with E-state index >= 15 is 0 Å². The van der Waals surface area contributed by atoms with Crippen LogP contribution < -0.4 is 36.0 Å². The maximum atomic E-state index is 13.5. The Kier molecular flexibility index (Phi) is 32.0. The van der Waals surface area contributed by atoms with Crippen LogP contribution in [-0.2, 0) is 28.4 Å². The fourth-order valence-electron chi connectivity index (χ4n) is 14.5. The zero-order valence-electron chi connectivity index (χ0n) is 75.2. The molecule has 3 aliphatic rings. The van der Waals surface area contributed by atoms with E-state index in [4.69, 9.17) is 28.4 Å². The molecule has 0 atom stereocenters. The standard InChI is InChI=1S/C29H32N2O4.C28H30N2O5.C25H24BrNO3.C24H22N2O5/c1-20-10-12-23(31-14-16-34-17-15-31)19-25(20)27(32)30-26-18-22(21-8-6-5-7-9-21)11-13-24(26)28(33)35-29(2,3)4;1-28(2,3)35-27(33)22-11-9-20(19-7-5-4-6-8-19)17-24(22)29-26(32)23-18-21(10-12-25(23)31)30-13-15-34-16-14-30;1-16-10-12-19(26)15-21(16)23(28)27-22-14-18(17-8-6-5-7-9-17)11-13-20(22)24(29)30-25(2,3)4;27-22-9-7-18(26-10-12-31-13-11-26)15-20(22)23(28)25-21-14-17(6-8-19(21)24(29)30)16-4-2-1-3-5-16/h5-13,18-19H,14-17H2,1-4H3,(H,30,32);4-12,17-18,31H,13-16H2,1-3H3,(H,29,32);5-15H,1-4H3,(H,27,28);1-9,14-15,27H,10-13H2,(H,25,28)(H,29,30). The van der Waals surface area contributed by atoms with E-state index in [1.807, 2.05) is 231 Å². The maximum absolute atomic E-state index is 13.5. The number of carboxylic acids is 1. The summed E-state index contributed by atoms with van der Waals surface area (Å²) in [7, 11) is 0. The first kappa shape index (κ1) is 95.9. The number of nitrogens with one attached hydrogen (secondary N) is 4. The number of hydrogen-bond acceptors (Lipinski definition) is 19. The summed E-state index contributed by atoms with van der Waals surface area (Å²) < 4.78 is 33.7. The van der Waals surface area contributed by atoms with Gasteiger partial charge in [-0.25, -0.2) is 19.2 Å². The number of phenols is 2. The van der Waals surface area contributed by atoms with Crippen LogP contribution in [0.4, 0.5) is 39.8 Å². The number of carboxylic acid groups (broad SMARTS) is 1. The fraction of sp³-hybridized carbons (Fsp3) is 0.245. The average molecular weight is 1830 g/mol. The summed E-state index contributed by atoms with van der Waals surface area (Å²) in [6.07, 6.45) is 0. The number of aromatic hydroxyl groups is 2. The molecule has 15 rings (SSSR count). The molecule has 24 nitrogen and oxygen atoms in total. The average Bonchev–Trinajstić information content (AvgIpc) is 0.816. The summed E-state index contributed by atoms with van der Waals surface area (Å²) in [5, 5.41) is 41.7. The van der Waals surface area contributed by atoms with Crippen LogP contribution in [0.25, 0.3) is 44.5 Å². The lowest BCUT2D eigenvalue weighted by Gasteiger charge is -2.29. The molecule has 131 heavy (non-hydrogen) atoms. The Labute approximate surface area is 771 Å². The van der Waals surface area contributed by atoms with Crippen molar-refractivity contribution in [3.8, 4) is 56.0 Å². The first-order valence-electron chi connectivity index (χ1n) is 43.1. The molecule has 25 heteroatoms. The Bertz CT molecular complexity index is 5900. The minimum Gasteiger partial charge on any atom is -0.507 e. The molecule has 0 saturated carbocycles. The minimum atomic E-state index is -1.15. The Balaban J connectivity index is 0.000000158. The number of esters is 3. The number of carbonyl (C=O) groups excluding carboxylic acids is 7. The van der Waals surface area contributed by atoms with E-state index in [9.17, 15) is 53.7 Å². The molecule has 0 aromatic heterocycles. The van der Waals surface area contributed by atoms with Gasteiger partial charge in [0.1, 0.15) is 28.3 Å². The molecular weight excluding hydrogens is 1720 g/mol. The molecule has 0 bridgehead atoms. The number of ether oxygens (including phenoxy) is 6. The number of amides is 4. The summed E-state index contributed by atoms with van der Waals surface area (Å²) in [5.74, 6) is -4.64. The second-order valence-corrected chi connectivity index (χ2v) is 35.2. The van der Waals surface area contributed by atoms with Gasteiger partial charge in [0.2, 0.25) is 0 Å². The molecule has 3 saturated heterocycles. The highest BCUT2D eigenvalue weighted by Crippen LogP contribution is 2.37. The number of benzene rings is 12. The SMILES string of the molecule is CC(C)(C)OC(=O)c1ccc(-c2ccccc2)cc1NC(=O)c1cc(N2CCOCC2)ccc1O.Cc1ccc(Br)cc1C(=O)Nc1cc(-c2ccccc2)ccc1C(=O)OC(C)(C)C.Cc1ccc(N2CCOCC2)cc1C(=O)Nc1cc(-c2ccccc2)ccc1C(=O)OC(C)(C)C.O=C(Nc1cc(-c2ccccc2)ccc1C(=O)O)c1cc(N2CCOCC2)ccc1O. The topological polar surface area (TPSA) is 310 Å². The molecule has 3 fully saturated rings. The van der Waals surface area contributed by atoms with Crippen LogP contribution in [0.5, 0.6) is 11.5 Å². The smallest absolute Gasteiger partial charge is 0.340 e. The first-order chi connectivity index (χ1) is 62.6. The quantitative estimate of drug-likeness (QED) is 0.0292. The van der Waals surface area contributed by atoms with Crippen molar-refractivity contribution in [2.45, 2.75) is 93.0 Å². The third-order valence-corrected chi connectivity index (χ3v) is 21.6. The Morgan fingerprint density at radius 3 is 0.840 bits per heavy atom. The number of anilines is 7. The lowest BCUT2D eigenvalue weighted by Crippen LogP contribution is -2.36. The van der Waals surface area contributed by atoms with E-state index in [0.29, 0.717) is 105 Å². The molecule has 12 aromatic carbocycles. The summed E-state index contributed by atoms with van der Waals surface area (Å²) in [6.45, 7) is 28.1. The highest BCUT2D eigenvalue weighted by molar-refractivity contribution is 9.10. The lowest BCUT2D eigenvalue weighted by atomic mass is 10.0. The van der Waals surface area contributed by atoms with E-state index in [1.54, 1.807) is 93.6 Å². The zero-order chi connectivity index (χ0) is 93.7. The number of morpholine rings is 3. The predicted octanol–water partition coefficient (Wildman–Crippen LogP) is 21.3. The molecule has 676 valence electrons. The van der Waals surface area contributed by atoms with Crippen LogP contribution in [0.15, 0.2) is 271 Å². The van der Waals surface area contributed by atoms with Crippen molar-refractivity contribution in [3.63, 3.8) is 0 Å². The van der Waals surface area contributed by atoms with Crippen LogP contribution in [-0.4, -0.2) is 159 Å². The van der Waals surface area contributed by atoms with Gasteiger partial charge in [0.25, 0.3) is 23.6 Å². The first-order valence-corrected chi connectivity index (χ1v) is 43.9. The summed E-state index contributed by atoms with van der Waals surface area (Å²) >= 11 is 3.41. The monoisotopic (exact) mass is 1830 g/mol. The number of aromatic carboxylic acids is 1. The van der Waals surface area contributed by atoms with E-state index in [1.165, 1.54) is 18.2 Å². The zero-order valence-corrected chi connectivity index (χ0v) is 76.8. The minimum absolute atomic E-state index is 0.0307. The number of carbonyl (C=O) groups is 8. The van der Waals surface area contributed by atoms with Crippen molar-refractivity contribution in [2.24, 2.45) is 0 Å². The molecule has 3 heterocycles. The van der Waals surface area contributed by atoms with Crippen LogP contribution in [0.2, 0.25) is 0 Å². The van der Waals surface area contributed by atoms with Gasteiger partial charge in [0.15, 0.2) is 0 Å².